The summed E-state index contributed by atoms with van der Waals surface area (Å²) in [5, 5.41) is 37.1. The topological polar surface area (TPSA) is 344 Å². The van der Waals surface area contributed by atoms with Crippen LogP contribution in [0.3, 0.4) is 0 Å². The van der Waals surface area contributed by atoms with Gasteiger partial charge in [-0.3, -0.25) is 33.8 Å². The molecule has 3 aromatic rings. The third kappa shape index (κ3) is 9.33. The van der Waals surface area contributed by atoms with Crippen LogP contribution < -0.4 is 38.2 Å². The fraction of sp³-hybridized carbons (Fsp3) is 0.367. The van der Waals surface area contributed by atoms with Gasteiger partial charge in [0.15, 0.2) is 11.2 Å². The van der Waals surface area contributed by atoms with Gasteiger partial charge in [0, 0.05) is 30.0 Å². The maximum atomic E-state index is 13.2. The molecule has 11 N–H and O–H groups in total. The second-order valence-electron chi connectivity index (χ2n) is 11.9. The molecule has 0 bridgehead atoms. The zero-order valence-corrected chi connectivity index (χ0v) is 28.8. The van der Waals surface area contributed by atoms with E-state index in [9.17, 15) is 53.7 Å². The van der Waals surface area contributed by atoms with Crippen molar-refractivity contribution in [3.05, 3.63) is 52.1 Å². The van der Waals surface area contributed by atoms with Gasteiger partial charge < -0.3 is 41.9 Å². The fourth-order valence-corrected chi connectivity index (χ4v) is 6.53. The van der Waals surface area contributed by atoms with Gasteiger partial charge in [0.25, 0.3) is 17.4 Å². The summed E-state index contributed by atoms with van der Waals surface area (Å²) in [4.78, 5) is 114. The molecule has 5 rings (SSSR count). The number of thioether (sulfide) groups is 1. The second kappa shape index (κ2) is 17.0. The third-order valence-electron chi connectivity index (χ3n) is 8.18. The highest BCUT2D eigenvalue weighted by Crippen LogP contribution is 2.24. The number of nitrogens with one attached hydrogen (secondary N) is 6. The minimum absolute atomic E-state index is 0.00652. The molecule has 4 unspecified atom stereocenters. The van der Waals surface area contributed by atoms with Gasteiger partial charge in [-0.05, 0) is 30.7 Å². The molecule has 0 aliphatic carbocycles. The number of nitrogen functional groups attached to an aromatic ring is 1. The Morgan fingerprint density at radius 3 is 2.48 bits per heavy atom. The number of carboxylic acids is 3. The van der Waals surface area contributed by atoms with Gasteiger partial charge in [0.05, 0.1) is 30.7 Å². The molecule has 2 aliphatic rings. The van der Waals surface area contributed by atoms with Crippen LogP contribution in [0.5, 0.6) is 0 Å². The number of aliphatic carboxylic acids is 3. The number of H-pyrrole nitrogens is 1. The first kappa shape index (κ1) is 38.8. The first-order chi connectivity index (χ1) is 25.7. The third-order valence-corrected chi connectivity index (χ3v) is 9.20. The number of amides is 4. The molecule has 0 saturated carbocycles. The van der Waals surface area contributed by atoms with Crippen molar-refractivity contribution in [3.8, 4) is 0 Å². The van der Waals surface area contributed by atoms with Crippen molar-refractivity contribution in [2.75, 3.05) is 29.2 Å². The molecule has 4 amide bonds. The lowest BCUT2D eigenvalue weighted by Crippen LogP contribution is -2.56. The molecule has 2 aliphatic heterocycles. The average Bonchev–Trinajstić information content (AvgIpc) is 3.77. The minimum atomic E-state index is -1.59. The standard InChI is InChI=1S/C30H34N12O11S/c31-30-37-23-22(25(47)38-30)35-15(9-34-23)8-32-14-3-1-13(2-4-14)24(46)36-16(28(50)51)5-6-20(43)33-10-17-26(48)42(40-39-17)18(7-21(44)45)27(49)41-12-54-11-19(41)29(52)53/h1-4,9,16-19,32,39-40H,5-8,10-12H2,(H,33,43)(H,36,46)(H,44,45)(H,50,51)(H,52,53)(H3,31,34,37,38,47). The van der Waals surface area contributed by atoms with E-state index in [1.807, 2.05) is 0 Å². The van der Waals surface area contributed by atoms with Crippen molar-refractivity contribution in [3.63, 3.8) is 0 Å². The Bertz CT molecular complexity index is 2030. The highest BCUT2D eigenvalue weighted by molar-refractivity contribution is 7.99. The Hall–Kier alpha value is -6.40. The zero-order valence-electron chi connectivity index (χ0n) is 28.0. The van der Waals surface area contributed by atoms with Gasteiger partial charge in [-0.25, -0.2) is 30.0 Å². The summed E-state index contributed by atoms with van der Waals surface area (Å²) in [6.45, 7) is -0.172. The fourth-order valence-electron chi connectivity index (χ4n) is 5.38. The predicted octanol–water partition coefficient (Wildman–Crippen LogP) is -2.96. The maximum absolute atomic E-state index is 13.2. The Morgan fingerprint density at radius 2 is 1.80 bits per heavy atom. The molecule has 286 valence electrons. The number of benzene rings is 1. The largest absolute Gasteiger partial charge is 0.481 e. The highest BCUT2D eigenvalue weighted by Gasteiger charge is 2.45. The van der Waals surface area contributed by atoms with Crippen molar-refractivity contribution < 1.29 is 48.9 Å². The molecular weight excluding hydrogens is 736 g/mol. The van der Waals surface area contributed by atoms with Gasteiger partial charge in [0.1, 0.15) is 24.2 Å². The maximum Gasteiger partial charge on any atom is 0.327 e. The molecule has 2 saturated heterocycles. The summed E-state index contributed by atoms with van der Waals surface area (Å²) in [6.07, 6.45) is -0.0799. The molecule has 1 aromatic carbocycles. The number of fused-ring (bicyclic) bond motifs is 1. The lowest BCUT2D eigenvalue weighted by Gasteiger charge is -2.30. The summed E-state index contributed by atoms with van der Waals surface area (Å²) in [6, 6.07) is 0.620. The van der Waals surface area contributed by atoms with Crippen LogP contribution in [0.2, 0.25) is 0 Å². The lowest BCUT2D eigenvalue weighted by atomic mass is 10.1. The number of aromatic nitrogens is 4. The Kier molecular flexibility index (Phi) is 12.2. The van der Waals surface area contributed by atoms with Crippen LogP contribution in [0, 0.1) is 0 Å². The van der Waals surface area contributed by atoms with Crippen molar-refractivity contribution in [1.29, 1.82) is 0 Å². The van der Waals surface area contributed by atoms with E-state index in [0.29, 0.717) is 11.4 Å². The molecule has 0 spiro atoms. The summed E-state index contributed by atoms with van der Waals surface area (Å²) in [5.41, 5.74) is 11.2. The van der Waals surface area contributed by atoms with Gasteiger partial charge in [-0.1, -0.05) is 0 Å². The smallest absolute Gasteiger partial charge is 0.327 e. The Labute approximate surface area is 307 Å². The van der Waals surface area contributed by atoms with E-state index in [1.165, 1.54) is 18.3 Å². The number of nitrogens with zero attached hydrogens (tertiary/aromatic N) is 5. The van der Waals surface area contributed by atoms with E-state index < -0.39 is 77.7 Å². The first-order valence-corrected chi connectivity index (χ1v) is 17.2. The molecule has 2 aromatic heterocycles. The monoisotopic (exact) mass is 770 g/mol. The predicted molar refractivity (Wildman–Crippen MR) is 186 cm³/mol. The molecule has 24 heteroatoms. The Morgan fingerprint density at radius 1 is 1.06 bits per heavy atom. The number of carboxylic acid groups (broad SMARTS) is 3. The lowest BCUT2D eigenvalue weighted by molar-refractivity contribution is -0.155. The van der Waals surface area contributed by atoms with Gasteiger partial charge in [0.2, 0.25) is 17.8 Å². The molecule has 2 fully saturated rings. The van der Waals surface area contributed by atoms with Crippen LogP contribution >= 0.6 is 11.8 Å². The summed E-state index contributed by atoms with van der Waals surface area (Å²) >= 11 is 1.16. The summed E-state index contributed by atoms with van der Waals surface area (Å²) in [7, 11) is 0. The normalized spacial score (nSPS) is 17.9. The van der Waals surface area contributed by atoms with Crippen molar-refractivity contribution in [2.45, 2.75) is 50.0 Å². The number of carbonyl (C=O) groups excluding carboxylic acids is 4. The van der Waals surface area contributed by atoms with Crippen molar-refractivity contribution in [1.82, 2.24) is 51.4 Å². The average molecular weight is 771 g/mol. The van der Waals surface area contributed by atoms with E-state index in [4.69, 9.17) is 5.73 Å². The SMILES string of the molecule is Nc1nc2ncc(CNc3ccc(C(=O)NC(CCC(=O)NCC4NNN(C(CC(=O)O)C(=O)N5CSCC5C(=O)O)C4=O)C(=O)O)cc3)nc2c(=O)[nH]1. The molecule has 23 nitrogen and oxygen atoms in total. The van der Waals surface area contributed by atoms with Crippen LogP contribution in [-0.2, 0) is 35.3 Å². The van der Waals surface area contributed by atoms with Crippen LogP contribution in [-0.4, -0.2) is 129 Å². The Balaban J connectivity index is 1.09. The van der Waals surface area contributed by atoms with E-state index in [0.717, 1.165) is 21.7 Å². The zero-order chi connectivity index (χ0) is 39.1. The molecule has 54 heavy (non-hydrogen) atoms. The van der Waals surface area contributed by atoms with Crippen LogP contribution in [0.25, 0.3) is 11.2 Å². The van der Waals surface area contributed by atoms with Crippen LogP contribution in [0.4, 0.5) is 11.6 Å². The van der Waals surface area contributed by atoms with Gasteiger partial charge in [-0.2, -0.15) is 10.5 Å². The quantitative estimate of drug-likeness (QED) is 0.0695. The van der Waals surface area contributed by atoms with E-state index >= 15 is 0 Å². The van der Waals surface area contributed by atoms with Gasteiger partial charge >= 0.3 is 17.9 Å². The number of nitrogens with two attached hydrogens (primary N) is 1. The van der Waals surface area contributed by atoms with Crippen LogP contribution in [0.1, 0.15) is 35.3 Å². The summed E-state index contributed by atoms with van der Waals surface area (Å²) < 4.78 is 0. The van der Waals surface area contributed by atoms with Crippen molar-refractivity contribution >= 4 is 76.1 Å². The molecule has 0 radical (unpaired) electrons. The summed E-state index contributed by atoms with van der Waals surface area (Å²) in [5.74, 6) is -7.15. The second-order valence-corrected chi connectivity index (χ2v) is 12.9. The molecular formula is C30H34N12O11S. The number of hydrogen-bond acceptors (Lipinski definition) is 16. The van der Waals surface area contributed by atoms with E-state index in [1.54, 1.807) is 12.1 Å². The number of aromatic amines is 1. The molecule has 4 heterocycles. The number of anilines is 2. The number of hydrazine groups is 2. The number of carbonyl (C=O) groups is 7. The number of hydrogen-bond donors (Lipinski definition) is 10. The van der Waals surface area contributed by atoms with Crippen molar-refractivity contribution in [2.24, 2.45) is 0 Å². The van der Waals surface area contributed by atoms with E-state index in [2.05, 4.69) is 46.8 Å². The van der Waals surface area contributed by atoms with Gasteiger partial charge in [-0.15, -0.1) is 11.8 Å². The minimum Gasteiger partial charge on any atom is -0.481 e. The highest BCUT2D eigenvalue weighted by atomic mass is 32.2. The van der Waals surface area contributed by atoms with E-state index in [-0.39, 0.29) is 60.2 Å². The number of rotatable bonds is 16. The van der Waals surface area contributed by atoms with Crippen LogP contribution in [0.15, 0.2) is 35.3 Å². The molecule has 4 atom stereocenters. The first-order valence-electron chi connectivity index (χ1n) is 16.0.